The lowest BCUT2D eigenvalue weighted by Crippen LogP contribution is -2.14. The highest BCUT2D eigenvalue weighted by atomic mass is 32.2. The molecule has 2 atom stereocenters. The first kappa shape index (κ1) is 14.2. The molecule has 0 bridgehead atoms. The lowest BCUT2D eigenvalue weighted by atomic mass is 9.91. The normalized spacial score (nSPS) is 23.1. The summed E-state index contributed by atoms with van der Waals surface area (Å²) < 4.78 is 0. The predicted octanol–water partition coefficient (Wildman–Crippen LogP) is 4.31. The number of non-ortho nitro benzene ring substituents is 1. The second-order valence-corrected chi connectivity index (χ2v) is 6.61. The molecule has 2 unspecified atom stereocenters. The van der Waals surface area contributed by atoms with Gasteiger partial charge in [0.05, 0.1) is 4.92 Å². The van der Waals surface area contributed by atoms with E-state index in [2.05, 4.69) is 12.2 Å². The molecule has 19 heavy (non-hydrogen) atoms. The number of hydrogen-bond acceptors (Lipinski definition) is 4. The molecule has 1 fully saturated rings. The largest absolute Gasteiger partial charge is 0.388 e. The number of nitrogens with zero attached hydrogens (tertiary/aromatic N) is 1. The molecular weight excluding hydrogens is 260 g/mol. The van der Waals surface area contributed by atoms with Gasteiger partial charge in [0.1, 0.15) is 0 Å². The SMILES string of the molecule is CNc1cc(SC2CCCC(C)C2)cc([N+](=O)[O-])c1. The third-order valence-electron chi connectivity index (χ3n) is 3.58. The lowest BCUT2D eigenvalue weighted by molar-refractivity contribution is -0.385. The fourth-order valence-electron chi connectivity index (χ4n) is 2.58. The van der Waals surface area contributed by atoms with Crippen molar-refractivity contribution in [2.45, 2.75) is 42.8 Å². The maximum atomic E-state index is 10.9. The van der Waals surface area contributed by atoms with Gasteiger partial charge in [0, 0.05) is 35.0 Å². The van der Waals surface area contributed by atoms with E-state index in [0.717, 1.165) is 16.5 Å². The number of rotatable bonds is 4. The van der Waals surface area contributed by atoms with Crippen LogP contribution in [0, 0.1) is 16.0 Å². The van der Waals surface area contributed by atoms with Crippen molar-refractivity contribution in [1.29, 1.82) is 0 Å². The molecule has 0 amide bonds. The molecular formula is C14H20N2O2S. The van der Waals surface area contributed by atoms with E-state index in [1.54, 1.807) is 30.9 Å². The van der Waals surface area contributed by atoms with Gasteiger partial charge in [-0.05, 0) is 24.8 Å². The summed E-state index contributed by atoms with van der Waals surface area (Å²) >= 11 is 1.78. The van der Waals surface area contributed by atoms with Crippen LogP contribution in [0.3, 0.4) is 0 Å². The Morgan fingerprint density at radius 1 is 1.37 bits per heavy atom. The molecule has 0 saturated heterocycles. The molecule has 1 aliphatic rings. The topological polar surface area (TPSA) is 55.2 Å². The van der Waals surface area contributed by atoms with Crippen LogP contribution in [-0.2, 0) is 0 Å². The number of nitrogens with one attached hydrogen (secondary N) is 1. The first-order valence-corrected chi connectivity index (χ1v) is 7.60. The zero-order valence-electron chi connectivity index (χ0n) is 11.4. The van der Waals surface area contributed by atoms with Crippen LogP contribution < -0.4 is 5.32 Å². The zero-order chi connectivity index (χ0) is 13.8. The maximum Gasteiger partial charge on any atom is 0.272 e. The van der Waals surface area contributed by atoms with Crippen LogP contribution in [-0.4, -0.2) is 17.2 Å². The third kappa shape index (κ3) is 3.86. The van der Waals surface area contributed by atoms with Crippen LogP contribution in [0.2, 0.25) is 0 Å². The van der Waals surface area contributed by atoms with Crippen molar-refractivity contribution in [2.24, 2.45) is 5.92 Å². The molecule has 2 rings (SSSR count). The predicted molar refractivity (Wildman–Crippen MR) is 79.9 cm³/mol. The van der Waals surface area contributed by atoms with E-state index in [4.69, 9.17) is 0 Å². The Hall–Kier alpha value is -1.23. The van der Waals surface area contributed by atoms with E-state index in [9.17, 15) is 10.1 Å². The van der Waals surface area contributed by atoms with E-state index < -0.39 is 0 Å². The highest BCUT2D eigenvalue weighted by molar-refractivity contribution is 8.00. The maximum absolute atomic E-state index is 10.9. The molecule has 104 valence electrons. The van der Waals surface area contributed by atoms with Crippen molar-refractivity contribution in [2.75, 3.05) is 12.4 Å². The van der Waals surface area contributed by atoms with Crippen molar-refractivity contribution in [3.05, 3.63) is 28.3 Å². The summed E-state index contributed by atoms with van der Waals surface area (Å²) in [5, 5.41) is 14.5. The Balaban J connectivity index is 2.14. The van der Waals surface area contributed by atoms with E-state index >= 15 is 0 Å². The fraction of sp³-hybridized carbons (Fsp3) is 0.571. The highest BCUT2D eigenvalue weighted by Crippen LogP contribution is 2.38. The number of hydrogen-bond donors (Lipinski definition) is 1. The molecule has 1 N–H and O–H groups in total. The number of nitro benzene ring substituents is 1. The minimum atomic E-state index is -0.325. The van der Waals surface area contributed by atoms with Gasteiger partial charge in [-0.1, -0.05) is 19.8 Å². The van der Waals surface area contributed by atoms with Crippen molar-refractivity contribution in [3.8, 4) is 0 Å². The van der Waals surface area contributed by atoms with Crippen LogP contribution in [0.4, 0.5) is 11.4 Å². The first-order chi connectivity index (χ1) is 9.08. The van der Waals surface area contributed by atoms with Gasteiger partial charge in [0.2, 0.25) is 0 Å². The highest BCUT2D eigenvalue weighted by Gasteiger charge is 2.21. The van der Waals surface area contributed by atoms with E-state index in [1.165, 1.54) is 25.7 Å². The zero-order valence-corrected chi connectivity index (χ0v) is 12.2. The van der Waals surface area contributed by atoms with Gasteiger partial charge in [-0.3, -0.25) is 10.1 Å². The molecule has 0 radical (unpaired) electrons. The van der Waals surface area contributed by atoms with Crippen LogP contribution in [0.1, 0.15) is 32.6 Å². The second-order valence-electron chi connectivity index (χ2n) is 5.23. The Morgan fingerprint density at radius 2 is 2.16 bits per heavy atom. The summed E-state index contributed by atoms with van der Waals surface area (Å²) in [6.07, 6.45) is 5.01. The molecule has 0 spiro atoms. The van der Waals surface area contributed by atoms with Gasteiger partial charge in [-0.15, -0.1) is 11.8 Å². The summed E-state index contributed by atoms with van der Waals surface area (Å²) in [7, 11) is 1.79. The lowest BCUT2D eigenvalue weighted by Gasteiger charge is -2.26. The molecule has 4 nitrogen and oxygen atoms in total. The van der Waals surface area contributed by atoms with Crippen molar-refractivity contribution in [3.63, 3.8) is 0 Å². The van der Waals surface area contributed by atoms with Gasteiger partial charge >= 0.3 is 0 Å². The minimum Gasteiger partial charge on any atom is -0.388 e. The molecule has 1 saturated carbocycles. The van der Waals surface area contributed by atoms with Crippen molar-refractivity contribution >= 4 is 23.1 Å². The Bertz CT molecular complexity index is 465. The summed E-state index contributed by atoms with van der Waals surface area (Å²) in [6, 6.07) is 5.26. The van der Waals surface area contributed by atoms with Crippen LogP contribution in [0.25, 0.3) is 0 Å². The smallest absolute Gasteiger partial charge is 0.272 e. The van der Waals surface area contributed by atoms with E-state index in [0.29, 0.717) is 5.25 Å². The molecule has 5 heteroatoms. The average molecular weight is 280 g/mol. The summed E-state index contributed by atoms with van der Waals surface area (Å²) in [5.74, 6) is 0.772. The first-order valence-electron chi connectivity index (χ1n) is 6.72. The Labute approximate surface area is 118 Å². The van der Waals surface area contributed by atoms with Gasteiger partial charge in [0.25, 0.3) is 5.69 Å². The Morgan fingerprint density at radius 3 is 2.79 bits per heavy atom. The summed E-state index contributed by atoms with van der Waals surface area (Å²) in [4.78, 5) is 11.6. The van der Waals surface area contributed by atoms with Gasteiger partial charge in [-0.25, -0.2) is 0 Å². The number of anilines is 1. The number of nitro groups is 1. The van der Waals surface area contributed by atoms with E-state index in [1.807, 2.05) is 6.07 Å². The van der Waals surface area contributed by atoms with Gasteiger partial charge < -0.3 is 5.32 Å². The Kier molecular flexibility index (Phi) is 4.69. The van der Waals surface area contributed by atoms with Crippen LogP contribution in [0.5, 0.6) is 0 Å². The molecule has 0 heterocycles. The van der Waals surface area contributed by atoms with Gasteiger partial charge in [0.15, 0.2) is 0 Å². The second kappa shape index (κ2) is 6.28. The molecule has 0 aromatic heterocycles. The standard InChI is InChI=1S/C14H20N2O2S/c1-10-4-3-5-13(6-10)19-14-8-11(15-2)7-12(9-14)16(17)18/h7-10,13,15H,3-6H2,1-2H3. The van der Waals surface area contributed by atoms with Crippen LogP contribution in [0.15, 0.2) is 23.1 Å². The number of benzene rings is 1. The fourth-order valence-corrected chi connectivity index (χ4v) is 4.06. The van der Waals surface area contributed by atoms with Crippen molar-refractivity contribution in [1.82, 2.24) is 0 Å². The monoisotopic (exact) mass is 280 g/mol. The third-order valence-corrected chi connectivity index (χ3v) is 4.85. The van der Waals surface area contributed by atoms with Crippen molar-refractivity contribution < 1.29 is 4.92 Å². The molecule has 1 aliphatic carbocycles. The van der Waals surface area contributed by atoms with Crippen LogP contribution >= 0.6 is 11.8 Å². The van der Waals surface area contributed by atoms with Gasteiger partial charge in [-0.2, -0.15) is 0 Å². The molecule has 1 aromatic rings. The number of thioether (sulfide) groups is 1. The quantitative estimate of drug-likeness (QED) is 0.659. The molecule has 0 aliphatic heterocycles. The minimum absolute atomic E-state index is 0.165. The van der Waals surface area contributed by atoms with E-state index in [-0.39, 0.29) is 10.6 Å². The molecule has 1 aromatic carbocycles. The summed E-state index contributed by atoms with van der Waals surface area (Å²) in [6.45, 7) is 2.29. The average Bonchev–Trinajstić information content (AvgIpc) is 2.38. The summed E-state index contributed by atoms with van der Waals surface area (Å²) in [5.41, 5.74) is 0.971.